The van der Waals surface area contributed by atoms with E-state index >= 15 is 0 Å². The Bertz CT molecular complexity index is 1280. The molecule has 1 atom stereocenters. The molecule has 0 fully saturated rings. The molecule has 0 aliphatic rings. The summed E-state index contributed by atoms with van der Waals surface area (Å²) < 4.78 is 40.1. The average Bonchev–Trinajstić information content (AvgIpc) is 2.81. The molecule has 3 aromatic rings. The quantitative estimate of drug-likeness (QED) is 0.377. The number of nitrogens with one attached hydrogen (secondary N) is 1. The molecule has 2 aromatic carbocycles. The zero-order chi connectivity index (χ0) is 25.8. The summed E-state index contributed by atoms with van der Waals surface area (Å²) in [5, 5.41) is 9.61. The molecule has 0 bridgehead atoms. The number of aliphatic hydroxyl groups is 1. The highest BCUT2D eigenvalue weighted by Crippen LogP contribution is 2.39. The fraction of sp³-hybridized carbons (Fsp3) is 0.333. The van der Waals surface area contributed by atoms with Gasteiger partial charge in [-0.2, -0.15) is 0 Å². The number of benzene rings is 2. The van der Waals surface area contributed by atoms with Crippen LogP contribution >= 0.6 is 11.6 Å². The van der Waals surface area contributed by atoms with Crippen molar-refractivity contribution in [3.8, 4) is 17.2 Å². The summed E-state index contributed by atoms with van der Waals surface area (Å²) >= 11 is 6.30. The lowest BCUT2D eigenvalue weighted by Crippen LogP contribution is -2.19. The molecule has 0 saturated carbocycles. The second kappa shape index (κ2) is 10.8. The molecule has 4 N–H and O–H groups in total. The SMILES string of the molecule is COc1ccc(Cl)c(Oc2c(NS(=O)(=O)c3ccc(C(C)(C)C)cc3)ncnc2C(N)CCO)c1. The fourth-order valence-electron chi connectivity index (χ4n) is 3.22. The van der Waals surface area contributed by atoms with Crippen LogP contribution in [0.4, 0.5) is 5.82 Å². The molecule has 0 aliphatic heterocycles. The first-order valence-corrected chi connectivity index (χ1v) is 12.7. The minimum atomic E-state index is -4.04. The zero-order valence-corrected chi connectivity index (χ0v) is 21.5. The molecule has 9 nitrogen and oxygen atoms in total. The maximum Gasteiger partial charge on any atom is 0.263 e. The summed E-state index contributed by atoms with van der Waals surface area (Å²) in [6.45, 7) is 5.92. The standard InChI is InChI=1S/C24H29ClN4O5S/c1-24(2,3)15-5-8-17(9-6-15)35(31,32)29-23-22(21(27-14-28-23)19(26)11-12-30)34-20-13-16(33-4)7-10-18(20)25/h5-10,13-14,19,30H,11-12,26H2,1-4H3,(H,27,28,29). The average molecular weight is 521 g/mol. The van der Waals surface area contributed by atoms with Gasteiger partial charge in [0.1, 0.15) is 23.5 Å². The molecule has 11 heteroatoms. The predicted octanol–water partition coefficient (Wildman–Crippen LogP) is 4.41. The third-order valence-corrected chi connectivity index (χ3v) is 6.90. The number of ether oxygens (including phenoxy) is 2. The van der Waals surface area contributed by atoms with Gasteiger partial charge in [0.15, 0.2) is 11.6 Å². The van der Waals surface area contributed by atoms with Crippen molar-refractivity contribution in [2.45, 2.75) is 43.5 Å². The summed E-state index contributed by atoms with van der Waals surface area (Å²) in [6.07, 6.45) is 1.34. The second-order valence-electron chi connectivity index (χ2n) is 8.83. The lowest BCUT2D eigenvalue weighted by molar-refractivity contribution is 0.274. The van der Waals surface area contributed by atoms with Crippen LogP contribution in [-0.4, -0.2) is 37.2 Å². The number of nitrogens with two attached hydrogens (primary N) is 1. The molecule has 0 spiro atoms. The van der Waals surface area contributed by atoms with Crippen molar-refractivity contribution in [2.75, 3.05) is 18.4 Å². The first-order chi connectivity index (χ1) is 16.5. The molecule has 0 radical (unpaired) electrons. The van der Waals surface area contributed by atoms with Crippen LogP contribution < -0.4 is 19.9 Å². The van der Waals surface area contributed by atoms with Crippen LogP contribution in [0, 0.1) is 0 Å². The Morgan fingerprint density at radius 2 is 1.83 bits per heavy atom. The number of halogens is 1. The van der Waals surface area contributed by atoms with E-state index in [1.165, 1.54) is 25.6 Å². The summed E-state index contributed by atoms with van der Waals surface area (Å²) in [5.41, 5.74) is 7.26. The van der Waals surface area contributed by atoms with E-state index in [4.69, 9.17) is 26.8 Å². The number of hydrogen-bond acceptors (Lipinski definition) is 8. The minimum absolute atomic E-state index is 0.0292. The highest BCUT2D eigenvalue weighted by atomic mass is 35.5. The van der Waals surface area contributed by atoms with E-state index in [-0.39, 0.29) is 51.4 Å². The highest BCUT2D eigenvalue weighted by Gasteiger charge is 2.25. The van der Waals surface area contributed by atoms with E-state index in [0.717, 1.165) is 5.56 Å². The zero-order valence-electron chi connectivity index (χ0n) is 19.9. The number of anilines is 1. The molecule has 188 valence electrons. The van der Waals surface area contributed by atoms with Crippen LogP contribution in [0.3, 0.4) is 0 Å². The molecule has 1 unspecified atom stereocenters. The van der Waals surface area contributed by atoms with Crippen LogP contribution in [0.2, 0.25) is 5.02 Å². The summed E-state index contributed by atoms with van der Waals surface area (Å²) in [5.74, 6) is 0.512. The van der Waals surface area contributed by atoms with Gasteiger partial charge in [0.2, 0.25) is 0 Å². The van der Waals surface area contributed by atoms with Crippen LogP contribution in [-0.2, 0) is 15.4 Å². The second-order valence-corrected chi connectivity index (χ2v) is 10.9. The van der Waals surface area contributed by atoms with Crippen molar-refractivity contribution >= 4 is 27.4 Å². The first-order valence-electron chi connectivity index (χ1n) is 10.8. The van der Waals surface area contributed by atoms with Crippen molar-refractivity contribution in [1.82, 2.24) is 9.97 Å². The third kappa shape index (κ3) is 6.40. The van der Waals surface area contributed by atoms with Crippen molar-refractivity contribution in [3.05, 3.63) is 65.1 Å². The van der Waals surface area contributed by atoms with Crippen LogP contribution in [0.5, 0.6) is 17.2 Å². The molecule has 3 rings (SSSR count). The van der Waals surface area contributed by atoms with E-state index < -0.39 is 16.1 Å². The Labute approximate surface area is 210 Å². The van der Waals surface area contributed by atoms with Crippen LogP contribution in [0.25, 0.3) is 0 Å². The van der Waals surface area contributed by atoms with Gasteiger partial charge in [0.25, 0.3) is 10.0 Å². The maximum atomic E-state index is 13.2. The molecular weight excluding hydrogens is 492 g/mol. The van der Waals surface area contributed by atoms with Crippen molar-refractivity contribution in [2.24, 2.45) is 5.73 Å². The van der Waals surface area contributed by atoms with Gasteiger partial charge in [-0.15, -0.1) is 0 Å². The van der Waals surface area contributed by atoms with Gasteiger partial charge >= 0.3 is 0 Å². The number of nitrogens with zero attached hydrogens (tertiary/aromatic N) is 2. The maximum absolute atomic E-state index is 13.2. The molecule has 0 saturated heterocycles. The number of sulfonamides is 1. The molecular formula is C24H29ClN4O5S. The Morgan fingerprint density at radius 3 is 2.43 bits per heavy atom. The molecule has 1 heterocycles. The summed E-state index contributed by atoms with van der Waals surface area (Å²) in [7, 11) is -2.54. The highest BCUT2D eigenvalue weighted by molar-refractivity contribution is 7.92. The molecule has 0 amide bonds. The number of rotatable bonds is 9. The van der Waals surface area contributed by atoms with Crippen molar-refractivity contribution in [1.29, 1.82) is 0 Å². The largest absolute Gasteiger partial charge is 0.497 e. The van der Waals surface area contributed by atoms with Crippen LogP contribution in [0.1, 0.15) is 44.5 Å². The van der Waals surface area contributed by atoms with Gasteiger partial charge in [-0.25, -0.2) is 18.4 Å². The van der Waals surface area contributed by atoms with E-state index in [1.54, 1.807) is 30.3 Å². The van der Waals surface area contributed by atoms with Gasteiger partial charge in [-0.05, 0) is 41.7 Å². The Balaban J connectivity index is 2.05. The van der Waals surface area contributed by atoms with Crippen molar-refractivity contribution in [3.63, 3.8) is 0 Å². The summed E-state index contributed by atoms with van der Waals surface area (Å²) in [6, 6.07) is 10.6. The van der Waals surface area contributed by atoms with Gasteiger partial charge < -0.3 is 20.3 Å². The van der Waals surface area contributed by atoms with Gasteiger partial charge in [0.05, 0.1) is 23.1 Å². The lowest BCUT2D eigenvalue weighted by Gasteiger charge is -2.20. The predicted molar refractivity (Wildman–Crippen MR) is 135 cm³/mol. The number of methoxy groups -OCH3 is 1. The first kappa shape index (κ1) is 26.7. The normalized spacial score (nSPS) is 12.8. The minimum Gasteiger partial charge on any atom is -0.497 e. The Kier molecular flexibility index (Phi) is 8.22. The molecule has 1 aromatic heterocycles. The number of aliphatic hydroxyl groups excluding tert-OH is 1. The monoisotopic (exact) mass is 520 g/mol. The Morgan fingerprint density at radius 1 is 1.14 bits per heavy atom. The lowest BCUT2D eigenvalue weighted by atomic mass is 9.87. The third-order valence-electron chi connectivity index (χ3n) is 5.23. The van der Waals surface area contributed by atoms with Gasteiger partial charge in [-0.3, -0.25) is 4.72 Å². The smallest absolute Gasteiger partial charge is 0.263 e. The van der Waals surface area contributed by atoms with Crippen molar-refractivity contribution < 1.29 is 23.0 Å². The molecule has 0 aliphatic carbocycles. The molecule has 35 heavy (non-hydrogen) atoms. The number of aromatic nitrogens is 2. The van der Waals surface area contributed by atoms with Gasteiger partial charge in [-0.1, -0.05) is 44.5 Å². The van der Waals surface area contributed by atoms with E-state index in [0.29, 0.717) is 5.75 Å². The topological polar surface area (TPSA) is 137 Å². The Hall–Kier alpha value is -2.92. The fourth-order valence-corrected chi connectivity index (χ4v) is 4.39. The van der Waals surface area contributed by atoms with Gasteiger partial charge in [0, 0.05) is 12.7 Å². The van der Waals surface area contributed by atoms with E-state index in [9.17, 15) is 13.5 Å². The van der Waals surface area contributed by atoms with E-state index in [2.05, 4.69) is 14.7 Å². The van der Waals surface area contributed by atoms with Crippen LogP contribution in [0.15, 0.2) is 53.7 Å². The summed E-state index contributed by atoms with van der Waals surface area (Å²) in [4.78, 5) is 8.34. The number of hydrogen-bond donors (Lipinski definition) is 3. The van der Waals surface area contributed by atoms with E-state index in [1.807, 2.05) is 20.8 Å².